The molecule has 0 saturated heterocycles. The molecule has 8 nitrogen and oxygen atoms in total. The number of aromatic nitrogens is 2. The van der Waals surface area contributed by atoms with Crippen LogP contribution >= 0.6 is 27.5 Å². The molecule has 0 aliphatic carbocycles. The summed E-state index contributed by atoms with van der Waals surface area (Å²) in [6.45, 7) is 3.72. The number of benzene rings is 3. The second kappa shape index (κ2) is 10.5. The molecule has 0 radical (unpaired) electrons. The fraction of sp³-hybridized carbons (Fsp3) is 0.160. The van der Waals surface area contributed by atoms with Gasteiger partial charge in [-0.3, -0.25) is 14.9 Å². The van der Waals surface area contributed by atoms with Gasteiger partial charge in [-0.2, -0.15) is 9.78 Å². The van der Waals surface area contributed by atoms with Crippen LogP contribution < -0.4 is 10.3 Å². The van der Waals surface area contributed by atoms with E-state index in [4.69, 9.17) is 16.3 Å². The van der Waals surface area contributed by atoms with Crippen LogP contribution in [0.25, 0.3) is 10.9 Å². The van der Waals surface area contributed by atoms with Gasteiger partial charge in [0.15, 0.2) is 0 Å². The summed E-state index contributed by atoms with van der Waals surface area (Å²) >= 11 is 9.68. The van der Waals surface area contributed by atoms with Gasteiger partial charge in [-0.1, -0.05) is 53.5 Å². The van der Waals surface area contributed by atoms with Crippen LogP contribution in [0.3, 0.4) is 0 Å². The highest BCUT2D eigenvalue weighted by Crippen LogP contribution is 2.36. The molecule has 0 N–H and O–H groups in total. The molecule has 0 saturated carbocycles. The van der Waals surface area contributed by atoms with Crippen LogP contribution in [0, 0.1) is 15.9 Å². The minimum atomic E-state index is -0.621. The third kappa shape index (κ3) is 5.44. The molecule has 1 heterocycles. The van der Waals surface area contributed by atoms with E-state index in [0.717, 1.165) is 4.47 Å². The Kier molecular flexibility index (Phi) is 7.46. The number of fused-ring (bicyclic) bond motifs is 1. The fourth-order valence-electron chi connectivity index (χ4n) is 3.46. The van der Waals surface area contributed by atoms with Crippen LogP contribution in [0.4, 0.5) is 10.1 Å². The smallest absolute Gasteiger partial charge is 0.313 e. The summed E-state index contributed by atoms with van der Waals surface area (Å²) < 4.78 is 20.6. The SMILES string of the molecule is CC(C)c1nc2ccc(Br)cc2c(=O)n1N=Cc1cc(Cl)c(OCc2ccc(F)cc2)c([N+](=O)[O-])c1. The van der Waals surface area contributed by atoms with E-state index < -0.39 is 10.7 Å². The Hall–Kier alpha value is -3.63. The first-order valence-electron chi connectivity index (χ1n) is 10.8. The highest BCUT2D eigenvalue weighted by Gasteiger charge is 2.21. The predicted molar refractivity (Wildman–Crippen MR) is 140 cm³/mol. The molecule has 4 rings (SSSR count). The standard InChI is InChI=1S/C25H19BrClFN4O4/c1-14(2)24-30-21-8-5-17(26)11-19(21)25(33)31(24)29-12-16-9-20(27)23(22(10-16)32(34)35)36-13-15-3-6-18(28)7-4-15/h3-12,14H,13H2,1-2H3. The number of nitro benzene ring substituents is 1. The van der Waals surface area contributed by atoms with E-state index in [0.29, 0.717) is 22.3 Å². The summed E-state index contributed by atoms with van der Waals surface area (Å²) in [4.78, 5) is 28.9. The number of halogens is 3. The molecular formula is C25H19BrClFN4O4. The third-order valence-electron chi connectivity index (χ3n) is 5.21. The second-order valence-corrected chi connectivity index (χ2v) is 9.49. The maximum absolute atomic E-state index is 13.2. The number of hydrogen-bond donors (Lipinski definition) is 0. The van der Waals surface area contributed by atoms with E-state index in [1.807, 2.05) is 13.8 Å². The Morgan fingerprint density at radius 2 is 1.94 bits per heavy atom. The largest absolute Gasteiger partial charge is 0.481 e. The Morgan fingerprint density at radius 3 is 2.61 bits per heavy atom. The van der Waals surface area contributed by atoms with E-state index >= 15 is 0 Å². The lowest BCUT2D eigenvalue weighted by Crippen LogP contribution is -2.23. The molecule has 3 aromatic carbocycles. The molecule has 0 bridgehead atoms. The third-order valence-corrected chi connectivity index (χ3v) is 5.99. The first kappa shape index (κ1) is 25.5. The van der Waals surface area contributed by atoms with Crippen molar-refractivity contribution >= 4 is 50.3 Å². The summed E-state index contributed by atoms with van der Waals surface area (Å²) in [6.07, 6.45) is 1.31. The molecule has 0 fully saturated rings. The van der Waals surface area contributed by atoms with Crippen molar-refractivity contribution in [1.29, 1.82) is 0 Å². The minimum absolute atomic E-state index is 0.00948. The predicted octanol–water partition coefficient (Wildman–Crippen LogP) is 6.44. The van der Waals surface area contributed by atoms with E-state index in [-0.39, 0.29) is 40.1 Å². The number of hydrogen-bond acceptors (Lipinski definition) is 6. The first-order valence-corrected chi connectivity index (χ1v) is 11.9. The lowest BCUT2D eigenvalue weighted by Gasteiger charge is -2.12. The molecule has 184 valence electrons. The topological polar surface area (TPSA) is 99.6 Å². The van der Waals surface area contributed by atoms with Gasteiger partial charge < -0.3 is 4.74 Å². The zero-order valence-electron chi connectivity index (χ0n) is 19.1. The van der Waals surface area contributed by atoms with Gasteiger partial charge in [-0.05, 0) is 42.0 Å². The van der Waals surface area contributed by atoms with E-state index in [2.05, 4.69) is 26.0 Å². The average molecular weight is 574 g/mol. The van der Waals surface area contributed by atoms with Crippen molar-refractivity contribution in [2.24, 2.45) is 5.10 Å². The van der Waals surface area contributed by atoms with Crippen LogP contribution in [0.5, 0.6) is 5.75 Å². The van der Waals surface area contributed by atoms with Crippen molar-refractivity contribution < 1.29 is 14.1 Å². The molecule has 4 aromatic rings. The highest BCUT2D eigenvalue weighted by atomic mass is 79.9. The molecule has 0 aliphatic heterocycles. The minimum Gasteiger partial charge on any atom is -0.481 e. The lowest BCUT2D eigenvalue weighted by atomic mass is 10.2. The summed E-state index contributed by atoms with van der Waals surface area (Å²) in [5, 5.41) is 16.4. The van der Waals surface area contributed by atoms with Gasteiger partial charge in [0.05, 0.1) is 27.1 Å². The molecule has 0 aliphatic rings. The van der Waals surface area contributed by atoms with E-state index in [9.17, 15) is 19.3 Å². The van der Waals surface area contributed by atoms with Crippen LogP contribution in [-0.4, -0.2) is 20.8 Å². The first-order chi connectivity index (χ1) is 17.1. The van der Waals surface area contributed by atoms with Crippen molar-refractivity contribution in [3.8, 4) is 5.75 Å². The Morgan fingerprint density at radius 1 is 1.22 bits per heavy atom. The maximum Gasteiger partial charge on any atom is 0.313 e. The Balaban J connectivity index is 1.72. The molecule has 0 atom stereocenters. The molecule has 11 heteroatoms. The highest BCUT2D eigenvalue weighted by molar-refractivity contribution is 9.10. The van der Waals surface area contributed by atoms with Crippen molar-refractivity contribution in [1.82, 2.24) is 9.66 Å². The zero-order valence-corrected chi connectivity index (χ0v) is 21.5. The molecule has 0 unspecified atom stereocenters. The Bertz CT molecular complexity index is 1550. The van der Waals surface area contributed by atoms with Crippen molar-refractivity contribution in [2.75, 3.05) is 0 Å². The summed E-state index contributed by atoms with van der Waals surface area (Å²) in [7, 11) is 0. The van der Waals surface area contributed by atoms with Crippen molar-refractivity contribution in [3.05, 3.63) is 107 Å². The molecule has 1 aromatic heterocycles. The molecule has 0 spiro atoms. The molecule has 36 heavy (non-hydrogen) atoms. The summed E-state index contributed by atoms with van der Waals surface area (Å²) in [5.74, 6) is -0.213. The van der Waals surface area contributed by atoms with Crippen LogP contribution in [0.2, 0.25) is 5.02 Å². The van der Waals surface area contributed by atoms with Crippen molar-refractivity contribution in [3.63, 3.8) is 0 Å². The number of rotatable bonds is 7. The van der Waals surface area contributed by atoms with Crippen LogP contribution in [0.15, 0.2) is 69.0 Å². The second-order valence-electron chi connectivity index (χ2n) is 8.17. The summed E-state index contributed by atoms with van der Waals surface area (Å²) in [6, 6.07) is 13.5. The summed E-state index contributed by atoms with van der Waals surface area (Å²) in [5.41, 5.74) is 0.698. The average Bonchev–Trinajstić information content (AvgIpc) is 2.83. The monoisotopic (exact) mass is 572 g/mol. The van der Waals surface area contributed by atoms with E-state index in [1.165, 1.54) is 47.3 Å². The van der Waals surface area contributed by atoms with Gasteiger partial charge in [0.2, 0.25) is 5.75 Å². The normalized spacial score (nSPS) is 11.5. The van der Waals surface area contributed by atoms with Crippen LogP contribution in [-0.2, 0) is 6.61 Å². The quantitative estimate of drug-likeness (QED) is 0.144. The number of nitro groups is 1. The van der Waals surface area contributed by atoms with Crippen molar-refractivity contribution in [2.45, 2.75) is 26.4 Å². The van der Waals surface area contributed by atoms with Gasteiger partial charge >= 0.3 is 5.69 Å². The molecular weight excluding hydrogens is 555 g/mol. The Labute approximate surface area is 218 Å². The zero-order chi connectivity index (χ0) is 26.0. The van der Waals surface area contributed by atoms with Gasteiger partial charge in [0.25, 0.3) is 5.56 Å². The van der Waals surface area contributed by atoms with Gasteiger partial charge in [0.1, 0.15) is 18.2 Å². The van der Waals surface area contributed by atoms with Gasteiger partial charge in [0, 0.05) is 22.0 Å². The molecule has 0 amide bonds. The number of nitrogens with zero attached hydrogens (tertiary/aromatic N) is 4. The fourth-order valence-corrected chi connectivity index (χ4v) is 4.10. The van der Waals surface area contributed by atoms with Gasteiger partial charge in [-0.25, -0.2) is 9.37 Å². The van der Waals surface area contributed by atoms with Crippen LogP contribution in [0.1, 0.15) is 36.7 Å². The lowest BCUT2D eigenvalue weighted by molar-refractivity contribution is -0.385. The van der Waals surface area contributed by atoms with E-state index in [1.54, 1.807) is 18.2 Å². The van der Waals surface area contributed by atoms with Gasteiger partial charge in [-0.15, -0.1) is 0 Å². The number of ether oxygens (including phenoxy) is 1. The maximum atomic E-state index is 13.2.